The highest BCUT2D eigenvalue weighted by molar-refractivity contribution is 6.30. The fourth-order valence-corrected chi connectivity index (χ4v) is 3.64. The lowest BCUT2D eigenvalue weighted by atomic mass is 9.85. The zero-order valence-electron chi connectivity index (χ0n) is 13.2. The van der Waals surface area contributed by atoms with E-state index in [1.807, 2.05) is 7.05 Å². The van der Waals surface area contributed by atoms with Crippen LogP contribution in [0.15, 0.2) is 0 Å². The van der Waals surface area contributed by atoms with Gasteiger partial charge in [-0.15, -0.1) is 0 Å². The maximum atomic E-state index is 6.41. The van der Waals surface area contributed by atoms with Gasteiger partial charge in [0.05, 0.1) is 5.69 Å². The number of halogens is 1. The first-order valence-corrected chi connectivity index (χ1v) is 8.28. The molecular formula is C16H28ClN3. The first kappa shape index (κ1) is 15.8. The Morgan fingerprint density at radius 2 is 2.00 bits per heavy atom. The number of hydrogen-bond donors (Lipinski definition) is 1. The summed E-state index contributed by atoms with van der Waals surface area (Å²) in [5, 5.41) is 8.88. The fourth-order valence-electron chi connectivity index (χ4n) is 3.39. The molecule has 1 saturated carbocycles. The summed E-state index contributed by atoms with van der Waals surface area (Å²) in [6, 6.07) is 0.546. The van der Waals surface area contributed by atoms with Crippen molar-refractivity contribution in [2.24, 2.45) is 18.9 Å². The lowest BCUT2D eigenvalue weighted by Gasteiger charge is -2.25. The van der Waals surface area contributed by atoms with Crippen LogP contribution in [-0.4, -0.2) is 22.4 Å². The zero-order chi connectivity index (χ0) is 14.7. The number of aromatic nitrogens is 2. The second kappa shape index (κ2) is 6.95. The molecule has 3 nitrogen and oxygen atoms in total. The van der Waals surface area contributed by atoms with Crippen molar-refractivity contribution >= 4 is 11.6 Å². The minimum Gasteiger partial charge on any atom is -0.314 e. The third-order valence-electron chi connectivity index (χ3n) is 4.59. The van der Waals surface area contributed by atoms with Crippen molar-refractivity contribution in [1.29, 1.82) is 0 Å². The van der Waals surface area contributed by atoms with E-state index in [0.29, 0.717) is 12.0 Å². The van der Waals surface area contributed by atoms with Crippen molar-refractivity contribution in [1.82, 2.24) is 15.1 Å². The van der Waals surface area contributed by atoms with Gasteiger partial charge in [-0.25, -0.2) is 0 Å². The van der Waals surface area contributed by atoms with Gasteiger partial charge >= 0.3 is 0 Å². The Morgan fingerprint density at radius 3 is 2.50 bits per heavy atom. The summed E-state index contributed by atoms with van der Waals surface area (Å²) in [7, 11) is 1.93. The van der Waals surface area contributed by atoms with Crippen LogP contribution in [0, 0.1) is 18.8 Å². The number of rotatable bonds is 6. The van der Waals surface area contributed by atoms with Gasteiger partial charge in [-0.05, 0) is 31.7 Å². The van der Waals surface area contributed by atoms with E-state index in [0.717, 1.165) is 29.7 Å². The molecule has 2 rings (SSSR count). The van der Waals surface area contributed by atoms with E-state index in [4.69, 9.17) is 11.6 Å². The molecule has 20 heavy (non-hydrogen) atoms. The van der Waals surface area contributed by atoms with E-state index < -0.39 is 0 Å². The van der Waals surface area contributed by atoms with Crippen molar-refractivity contribution in [3.05, 3.63) is 16.4 Å². The van der Waals surface area contributed by atoms with Crippen LogP contribution in [-0.2, 0) is 13.5 Å². The van der Waals surface area contributed by atoms with Gasteiger partial charge in [-0.2, -0.15) is 5.10 Å². The normalized spacial score (nSPS) is 18.1. The standard InChI is InChI=1S/C16H28ClN3/c1-11(2)18-10-14(13-7-5-6-8-13)9-15-12(3)19-20(4)16(15)17/h11,13-14,18H,5-10H2,1-4H3. The van der Waals surface area contributed by atoms with Crippen LogP contribution in [0.5, 0.6) is 0 Å². The van der Waals surface area contributed by atoms with E-state index in [9.17, 15) is 0 Å². The number of aryl methyl sites for hydroxylation is 2. The molecule has 1 fully saturated rings. The molecule has 1 N–H and O–H groups in total. The molecule has 1 aromatic rings. The average molecular weight is 298 g/mol. The van der Waals surface area contributed by atoms with Crippen molar-refractivity contribution in [3.63, 3.8) is 0 Å². The Hall–Kier alpha value is -0.540. The van der Waals surface area contributed by atoms with Crippen molar-refractivity contribution < 1.29 is 0 Å². The van der Waals surface area contributed by atoms with Crippen LogP contribution < -0.4 is 5.32 Å². The van der Waals surface area contributed by atoms with Crippen LogP contribution in [0.2, 0.25) is 5.15 Å². The molecule has 0 aliphatic heterocycles. The number of nitrogens with zero attached hydrogens (tertiary/aromatic N) is 2. The van der Waals surface area contributed by atoms with Crippen molar-refractivity contribution in [2.45, 2.75) is 58.9 Å². The van der Waals surface area contributed by atoms with Crippen LogP contribution in [0.25, 0.3) is 0 Å². The van der Waals surface area contributed by atoms with E-state index in [1.165, 1.54) is 31.2 Å². The third kappa shape index (κ3) is 3.76. The monoisotopic (exact) mass is 297 g/mol. The predicted octanol–water partition coefficient (Wildman–Crippen LogP) is 3.73. The van der Waals surface area contributed by atoms with Crippen LogP contribution in [0.3, 0.4) is 0 Å². The molecule has 1 heterocycles. The summed E-state index contributed by atoms with van der Waals surface area (Å²) in [4.78, 5) is 0. The van der Waals surface area contributed by atoms with Crippen molar-refractivity contribution in [3.8, 4) is 0 Å². The largest absolute Gasteiger partial charge is 0.314 e. The molecule has 0 spiro atoms. The fraction of sp³-hybridized carbons (Fsp3) is 0.812. The summed E-state index contributed by atoms with van der Waals surface area (Å²) < 4.78 is 1.80. The summed E-state index contributed by atoms with van der Waals surface area (Å²) in [5.74, 6) is 1.53. The first-order valence-electron chi connectivity index (χ1n) is 7.90. The predicted molar refractivity (Wildman–Crippen MR) is 85.2 cm³/mol. The molecule has 1 atom stereocenters. The van der Waals surface area contributed by atoms with Gasteiger partial charge in [-0.1, -0.05) is 51.1 Å². The lowest BCUT2D eigenvalue weighted by Crippen LogP contribution is -2.33. The first-order chi connectivity index (χ1) is 9.49. The van der Waals surface area contributed by atoms with Gasteiger partial charge in [0.1, 0.15) is 5.15 Å². The van der Waals surface area contributed by atoms with Gasteiger partial charge in [0.25, 0.3) is 0 Å². The lowest BCUT2D eigenvalue weighted by molar-refractivity contribution is 0.312. The second-order valence-electron chi connectivity index (χ2n) is 6.55. The van der Waals surface area contributed by atoms with Gasteiger partial charge in [0, 0.05) is 18.7 Å². The Labute approximate surface area is 128 Å². The highest BCUT2D eigenvalue weighted by Gasteiger charge is 2.27. The summed E-state index contributed by atoms with van der Waals surface area (Å²) in [5.41, 5.74) is 2.33. The maximum Gasteiger partial charge on any atom is 0.130 e. The highest BCUT2D eigenvalue weighted by atomic mass is 35.5. The molecule has 1 aliphatic carbocycles. The van der Waals surface area contributed by atoms with Gasteiger partial charge in [0.15, 0.2) is 0 Å². The van der Waals surface area contributed by atoms with Gasteiger partial charge < -0.3 is 5.32 Å². The van der Waals surface area contributed by atoms with E-state index in [-0.39, 0.29) is 0 Å². The molecule has 0 bridgehead atoms. The molecule has 4 heteroatoms. The molecule has 0 aromatic carbocycles. The Bertz CT molecular complexity index is 433. The van der Waals surface area contributed by atoms with Crippen LogP contribution in [0.1, 0.15) is 50.8 Å². The Kier molecular flexibility index (Phi) is 5.50. The van der Waals surface area contributed by atoms with E-state index in [2.05, 4.69) is 31.2 Å². The molecule has 1 aromatic heterocycles. The second-order valence-corrected chi connectivity index (χ2v) is 6.91. The SMILES string of the molecule is Cc1nn(C)c(Cl)c1CC(CNC(C)C)C1CCCC1. The van der Waals surface area contributed by atoms with Crippen LogP contribution in [0.4, 0.5) is 0 Å². The highest BCUT2D eigenvalue weighted by Crippen LogP contribution is 2.34. The Morgan fingerprint density at radius 1 is 1.35 bits per heavy atom. The zero-order valence-corrected chi connectivity index (χ0v) is 14.0. The summed E-state index contributed by atoms with van der Waals surface area (Å²) in [6.45, 7) is 7.60. The van der Waals surface area contributed by atoms with Gasteiger partial charge in [-0.3, -0.25) is 4.68 Å². The quantitative estimate of drug-likeness (QED) is 0.867. The molecule has 1 aliphatic rings. The molecule has 0 saturated heterocycles. The van der Waals surface area contributed by atoms with E-state index in [1.54, 1.807) is 4.68 Å². The minimum absolute atomic E-state index is 0.546. The maximum absolute atomic E-state index is 6.41. The minimum atomic E-state index is 0.546. The molecule has 1 unspecified atom stereocenters. The van der Waals surface area contributed by atoms with Crippen molar-refractivity contribution in [2.75, 3.05) is 6.54 Å². The number of hydrogen-bond acceptors (Lipinski definition) is 2. The molecule has 0 radical (unpaired) electrons. The smallest absolute Gasteiger partial charge is 0.130 e. The topological polar surface area (TPSA) is 29.9 Å². The summed E-state index contributed by atoms with van der Waals surface area (Å²) >= 11 is 6.41. The van der Waals surface area contributed by atoms with E-state index >= 15 is 0 Å². The van der Waals surface area contributed by atoms with Gasteiger partial charge in [0.2, 0.25) is 0 Å². The molecule has 114 valence electrons. The molecule has 0 amide bonds. The summed E-state index contributed by atoms with van der Waals surface area (Å²) in [6.07, 6.45) is 6.59. The third-order valence-corrected chi connectivity index (χ3v) is 5.06. The van der Waals surface area contributed by atoms with Crippen LogP contribution >= 0.6 is 11.6 Å². The molecular weight excluding hydrogens is 270 g/mol. The average Bonchev–Trinajstić information content (AvgIpc) is 2.98. The Balaban J connectivity index is 2.09. The number of nitrogens with one attached hydrogen (secondary N) is 1.